The number of hydrogen-bond acceptors (Lipinski definition) is 6. The molecule has 0 saturated heterocycles. The molecule has 4 rings (SSSR count). The van der Waals surface area contributed by atoms with Gasteiger partial charge in [0.25, 0.3) is 10.1 Å². The van der Waals surface area contributed by atoms with Crippen LogP contribution in [-0.2, 0) is 21.4 Å². The lowest BCUT2D eigenvalue weighted by atomic mass is 9.80. The molecule has 9 nitrogen and oxygen atoms in total. The summed E-state index contributed by atoms with van der Waals surface area (Å²) in [5, 5.41) is 16.4. The van der Waals surface area contributed by atoms with Gasteiger partial charge in [0.2, 0.25) is 5.43 Å². The highest BCUT2D eigenvalue weighted by Crippen LogP contribution is 2.45. The van der Waals surface area contributed by atoms with E-state index in [4.69, 9.17) is 0 Å². The van der Waals surface area contributed by atoms with Gasteiger partial charge in [0.15, 0.2) is 16.3 Å². The summed E-state index contributed by atoms with van der Waals surface area (Å²) in [6, 6.07) is 9.17. The van der Waals surface area contributed by atoms with Gasteiger partial charge in [-0.2, -0.15) is 13.5 Å². The number of rotatable bonds is 7. The molecule has 0 aliphatic heterocycles. The van der Waals surface area contributed by atoms with Crippen molar-refractivity contribution >= 4 is 26.0 Å². The molecule has 2 heterocycles. The van der Waals surface area contributed by atoms with E-state index in [-0.39, 0.29) is 29.2 Å². The third-order valence-electron chi connectivity index (χ3n) is 5.96. The molecule has 2 aromatic heterocycles. The molecule has 36 heavy (non-hydrogen) atoms. The average Bonchev–Trinajstić information content (AvgIpc) is 3.17. The fraction of sp³-hybridized carbons (Fsp3) is 0.174. The predicted octanol–water partition coefficient (Wildman–Crippen LogP) is 3.85. The molecule has 0 fully saturated rings. The minimum Gasteiger partial charge on any atom is -0.503 e. The van der Waals surface area contributed by atoms with Crippen molar-refractivity contribution in [1.29, 1.82) is 0 Å². The van der Waals surface area contributed by atoms with E-state index in [0.717, 1.165) is 30.5 Å². The van der Waals surface area contributed by atoms with Crippen molar-refractivity contribution in [2.75, 3.05) is 0 Å². The van der Waals surface area contributed by atoms with Crippen molar-refractivity contribution in [1.82, 2.24) is 19.7 Å². The van der Waals surface area contributed by atoms with E-state index in [1.165, 1.54) is 42.0 Å². The van der Waals surface area contributed by atoms with Crippen LogP contribution >= 0.6 is 15.9 Å². The summed E-state index contributed by atoms with van der Waals surface area (Å²) in [7, 11) is -4.98. The topological polar surface area (TPSA) is 138 Å². The number of aromatic amines is 1. The molecule has 0 aliphatic rings. The number of imidazole rings is 1. The van der Waals surface area contributed by atoms with E-state index in [9.17, 15) is 31.7 Å². The summed E-state index contributed by atoms with van der Waals surface area (Å²) in [5.41, 5.74) is -0.782. The zero-order valence-corrected chi connectivity index (χ0v) is 21.0. The van der Waals surface area contributed by atoms with Crippen LogP contribution in [0.15, 0.2) is 70.3 Å². The zero-order chi connectivity index (χ0) is 26.3. The number of H-pyrrole nitrogens is 1. The number of halogens is 3. The van der Waals surface area contributed by atoms with E-state index in [1.54, 1.807) is 0 Å². The van der Waals surface area contributed by atoms with Gasteiger partial charge in [-0.05, 0) is 51.3 Å². The quantitative estimate of drug-likeness (QED) is 0.282. The maximum absolute atomic E-state index is 13.8. The summed E-state index contributed by atoms with van der Waals surface area (Å²) in [4.78, 5) is 16.1. The van der Waals surface area contributed by atoms with Crippen LogP contribution in [0.4, 0.5) is 8.78 Å². The summed E-state index contributed by atoms with van der Waals surface area (Å²) in [6.07, 6.45) is 2.26. The number of aromatic nitrogens is 4. The van der Waals surface area contributed by atoms with Crippen molar-refractivity contribution in [3.63, 3.8) is 0 Å². The summed E-state index contributed by atoms with van der Waals surface area (Å²) < 4.78 is 64.2. The first kappa shape index (κ1) is 25.7. The van der Waals surface area contributed by atoms with Crippen LogP contribution < -0.4 is 5.43 Å². The second-order valence-corrected chi connectivity index (χ2v) is 10.5. The van der Waals surface area contributed by atoms with Crippen LogP contribution in [0, 0.1) is 17.6 Å². The number of benzene rings is 2. The second-order valence-electron chi connectivity index (χ2n) is 8.10. The molecule has 0 saturated carbocycles. The van der Waals surface area contributed by atoms with Crippen LogP contribution in [0.5, 0.6) is 5.75 Å². The maximum Gasteiger partial charge on any atom is 0.279 e. The van der Waals surface area contributed by atoms with Gasteiger partial charge in [-0.25, -0.2) is 13.8 Å². The molecule has 2 aromatic carbocycles. The van der Waals surface area contributed by atoms with E-state index in [1.807, 2.05) is 0 Å². The molecule has 0 aliphatic carbocycles. The van der Waals surface area contributed by atoms with Crippen LogP contribution in [0.2, 0.25) is 0 Å². The first-order chi connectivity index (χ1) is 17.0. The van der Waals surface area contributed by atoms with E-state index >= 15 is 0 Å². The van der Waals surface area contributed by atoms with Gasteiger partial charge < -0.3 is 9.67 Å². The normalized spacial score (nSPS) is 13.0. The van der Waals surface area contributed by atoms with Crippen LogP contribution in [0.1, 0.15) is 18.1 Å². The van der Waals surface area contributed by atoms with E-state index in [0.29, 0.717) is 4.60 Å². The van der Waals surface area contributed by atoms with Crippen LogP contribution in [0.25, 0.3) is 11.5 Å². The molecule has 0 bridgehead atoms. The molecule has 0 amide bonds. The zero-order valence-electron chi connectivity index (χ0n) is 18.6. The number of hydrogen-bond donors (Lipinski definition) is 3. The molecule has 1 atom stereocenters. The van der Waals surface area contributed by atoms with Crippen LogP contribution in [0.3, 0.4) is 0 Å². The lowest BCUT2D eigenvalue weighted by Crippen LogP contribution is -2.44. The lowest BCUT2D eigenvalue weighted by molar-refractivity contribution is 0.348. The van der Waals surface area contributed by atoms with Crippen molar-refractivity contribution in [3.05, 3.63) is 98.5 Å². The lowest BCUT2D eigenvalue weighted by Gasteiger charge is -2.37. The minimum atomic E-state index is -4.98. The fourth-order valence-electron chi connectivity index (χ4n) is 4.36. The Hall–Kier alpha value is -3.42. The van der Waals surface area contributed by atoms with Gasteiger partial charge in [0.05, 0.1) is 12.4 Å². The maximum atomic E-state index is 13.8. The Morgan fingerprint density at radius 1 is 1.06 bits per heavy atom. The second kappa shape index (κ2) is 9.56. The Morgan fingerprint density at radius 2 is 1.58 bits per heavy atom. The molecule has 0 radical (unpaired) electrons. The van der Waals surface area contributed by atoms with Crippen molar-refractivity contribution < 1.29 is 26.9 Å². The van der Waals surface area contributed by atoms with Gasteiger partial charge in [-0.15, -0.1) is 0 Å². The van der Waals surface area contributed by atoms with E-state index in [2.05, 4.69) is 31.1 Å². The Labute approximate surface area is 212 Å². The molecule has 4 aromatic rings. The third-order valence-corrected chi connectivity index (χ3v) is 8.28. The van der Waals surface area contributed by atoms with Crippen molar-refractivity contribution in [3.8, 4) is 17.3 Å². The average molecular weight is 581 g/mol. The monoisotopic (exact) mass is 580 g/mol. The van der Waals surface area contributed by atoms with Gasteiger partial charge in [0.1, 0.15) is 21.9 Å². The molecule has 0 spiro atoms. The SMILES string of the molecule is CC(Cn1c(Br)cnc1-c1[nH]ncc(=O)c1O)C(c1ccc(F)cc1)(c1ccc(F)cc1)S(=O)(=O)O. The van der Waals surface area contributed by atoms with Gasteiger partial charge in [-0.1, -0.05) is 31.2 Å². The smallest absolute Gasteiger partial charge is 0.279 e. The fourth-order valence-corrected chi connectivity index (χ4v) is 6.23. The van der Waals surface area contributed by atoms with Gasteiger partial charge in [0, 0.05) is 12.5 Å². The highest BCUT2D eigenvalue weighted by molar-refractivity contribution is 9.10. The first-order valence-electron chi connectivity index (χ1n) is 10.4. The molecular weight excluding hydrogens is 562 g/mol. The number of aromatic hydroxyl groups is 1. The largest absolute Gasteiger partial charge is 0.503 e. The molecule has 3 N–H and O–H groups in total. The summed E-state index contributed by atoms with van der Waals surface area (Å²) in [6.45, 7) is 1.38. The highest BCUT2D eigenvalue weighted by atomic mass is 79.9. The first-order valence-corrected chi connectivity index (χ1v) is 12.7. The molecule has 188 valence electrons. The Morgan fingerprint density at radius 3 is 2.08 bits per heavy atom. The predicted molar refractivity (Wildman–Crippen MR) is 130 cm³/mol. The number of nitrogens with zero attached hydrogens (tertiary/aromatic N) is 3. The van der Waals surface area contributed by atoms with Gasteiger partial charge in [-0.3, -0.25) is 14.4 Å². The molecule has 1 unspecified atom stereocenters. The standard InChI is InChI=1S/C23H19BrF2N4O5S/c1-13(12-30-19(24)11-27-22(30)20-21(32)18(31)10-28-29-20)23(36(33,34)35,14-2-6-16(25)7-3-14)15-4-8-17(26)9-5-15/h2-11,13H,12H2,1H3,(H,28,32)(H,29,31)(H,33,34,35). The Kier molecular flexibility index (Phi) is 6.82. The van der Waals surface area contributed by atoms with Crippen molar-refractivity contribution in [2.24, 2.45) is 5.92 Å². The van der Waals surface area contributed by atoms with E-state index < -0.39 is 43.6 Å². The Balaban J connectivity index is 1.94. The van der Waals surface area contributed by atoms with Gasteiger partial charge >= 0.3 is 0 Å². The van der Waals surface area contributed by atoms with Crippen molar-refractivity contribution in [2.45, 2.75) is 18.2 Å². The molecule has 13 heteroatoms. The minimum absolute atomic E-state index is 0.0425. The third kappa shape index (κ3) is 4.33. The molecular formula is C23H19BrF2N4O5S. The summed E-state index contributed by atoms with van der Waals surface area (Å²) >= 11 is 3.33. The van der Waals surface area contributed by atoms with Crippen LogP contribution in [-0.4, -0.2) is 37.8 Å². The number of nitrogens with one attached hydrogen (secondary N) is 1. The highest BCUT2D eigenvalue weighted by Gasteiger charge is 2.51. The summed E-state index contributed by atoms with van der Waals surface area (Å²) in [5.74, 6) is -2.83. The Bertz CT molecular complexity index is 1530.